The number of ether oxygens (including phenoxy) is 1. The normalized spacial score (nSPS) is 16.9. The second-order valence-electron chi connectivity index (χ2n) is 7.23. The third-order valence-electron chi connectivity index (χ3n) is 5.26. The summed E-state index contributed by atoms with van der Waals surface area (Å²) in [5.41, 5.74) is 1.82. The fourth-order valence-corrected chi connectivity index (χ4v) is 3.57. The molecule has 1 heterocycles. The molecule has 6 nitrogen and oxygen atoms in total. The number of carbonyl (C=O) groups is 3. The average molecular weight is 394 g/mol. The van der Waals surface area contributed by atoms with E-state index >= 15 is 0 Å². The van der Waals surface area contributed by atoms with Crippen LogP contribution in [0, 0.1) is 0 Å². The first kappa shape index (κ1) is 20.6. The Kier molecular flexibility index (Phi) is 7.00. The summed E-state index contributed by atoms with van der Waals surface area (Å²) in [6, 6.07) is 17.8. The van der Waals surface area contributed by atoms with Gasteiger partial charge in [-0.2, -0.15) is 0 Å². The molecule has 2 atom stereocenters. The lowest BCUT2D eigenvalue weighted by Gasteiger charge is -2.31. The van der Waals surface area contributed by atoms with E-state index in [1.54, 1.807) is 11.9 Å². The van der Waals surface area contributed by atoms with Crippen molar-refractivity contribution in [2.24, 2.45) is 0 Å². The van der Waals surface area contributed by atoms with Crippen LogP contribution in [0.15, 0.2) is 60.7 Å². The van der Waals surface area contributed by atoms with E-state index in [1.807, 2.05) is 60.7 Å². The molecule has 0 N–H and O–H groups in total. The molecular weight excluding hydrogens is 368 g/mol. The predicted octanol–water partition coefficient (Wildman–Crippen LogP) is 3.06. The number of amides is 2. The Morgan fingerprint density at radius 1 is 1.10 bits per heavy atom. The molecule has 2 amide bonds. The van der Waals surface area contributed by atoms with E-state index in [0.717, 1.165) is 23.8 Å². The van der Waals surface area contributed by atoms with Crippen LogP contribution < -0.4 is 0 Å². The maximum Gasteiger partial charge on any atom is 0.410 e. The van der Waals surface area contributed by atoms with Crippen LogP contribution in [-0.4, -0.2) is 53.8 Å². The second-order valence-corrected chi connectivity index (χ2v) is 7.23. The van der Waals surface area contributed by atoms with Gasteiger partial charge in [-0.15, -0.1) is 0 Å². The summed E-state index contributed by atoms with van der Waals surface area (Å²) in [7, 11) is 1.57. The van der Waals surface area contributed by atoms with Gasteiger partial charge in [-0.1, -0.05) is 60.7 Å². The van der Waals surface area contributed by atoms with Crippen molar-refractivity contribution in [3.8, 4) is 0 Å². The zero-order valence-corrected chi connectivity index (χ0v) is 16.6. The van der Waals surface area contributed by atoms with Crippen LogP contribution in [0.4, 0.5) is 4.79 Å². The molecule has 0 unspecified atom stereocenters. The van der Waals surface area contributed by atoms with Gasteiger partial charge in [0.1, 0.15) is 18.9 Å². The Labute approximate surface area is 171 Å². The standard InChI is InChI=1S/C23H26N2O4/c1-24(23(28)29-17-19-11-6-3-7-12-19)21(15-18-9-4-2-5-10-18)22(27)25-14-8-13-20(25)16-26/h2-7,9-12,16,20-21H,8,13-15,17H2,1H3/t20-,21+/m0/s1. The number of hydrogen-bond donors (Lipinski definition) is 0. The zero-order chi connectivity index (χ0) is 20.6. The molecule has 1 saturated heterocycles. The average Bonchev–Trinajstić information content (AvgIpc) is 3.25. The minimum absolute atomic E-state index is 0.136. The summed E-state index contributed by atoms with van der Waals surface area (Å²) in [5.74, 6) is -0.220. The highest BCUT2D eigenvalue weighted by atomic mass is 16.6. The Hall–Kier alpha value is -3.15. The predicted molar refractivity (Wildman–Crippen MR) is 109 cm³/mol. The lowest BCUT2D eigenvalue weighted by Crippen LogP contribution is -2.52. The number of benzene rings is 2. The highest BCUT2D eigenvalue weighted by Gasteiger charge is 2.36. The molecule has 1 fully saturated rings. The van der Waals surface area contributed by atoms with Crippen LogP contribution in [0.25, 0.3) is 0 Å². The zero-order valence-electron chi connectivity index (χ0n) is 16.6. The molecule has 2 aromatic carbocycles. The summed E-state index contributed by atoms with van der Waals surface area (Å²) in [5, 5.41) is 0. The summed E-state index contributed by atoms with van der Waals surface area (Å²) >= 11 is 0. The third kappa shape index (κ3) is 5.22. The van der Waals surface area contributed by atoms with E-state index in [1.165, 1.54) is 4.90 Å². The van der Waals surface area contributed by atoms with E-state index in [4.69, 9.17) is 4.74 Å². The van der Waals surface area contributed by atoms with Crippen LogP contribution in [-0.2, 0) is 27.4 Å². The first-order valence-corrected chi connectivity index (χ1v) is 9.83. The van der Waals surface area contributed by atoms with Gasteiger partial charge in [0, 0.05) is 20.0 Å². The number of rotatable bonds is 7. The van der Waals surface area contributed by atoms with E-state index in [0.29, 0.717) is 19.4 Å². The molecule has 152 valence electrons. The van der Waals surface area contributed by atoms with Crippen LogP contribution in [0.3, 0.4) is 0 Å². The molecule has 0 spiro atoms. The van der Waals surface area contributed by atoms with Crippen molar-refractivity contribution in [1.29, 1.82) is 0 Å². The molecule has 2 aromatic rings. The Morgan fingerprint density at radius 2 is 1.72 bits per heavy atom. The van der Waals surface area contributed by atoms with Crippen LogP contribution >= 0.6 is 0 Å². The number of nitrogens with zero attached hydrogens (tertiary/aromatic N) is 2. The smallest absolute Gasteiger partial charge is 0.410 e. The fraction of sp³-hybridized carbons (Fsp3) is 0.348. The maximum absolute atomic E-state index is 13.3. The lowest BCUT2D eigenvalue weighted by atomic mass is 10.0. The largest absolute Gasteiger partial charge is 0.445 e. The summed E-state index contributed by atoms with van der Waals surface area (Å²) in [6.45, 7) is 0.664. The first-order chi connectivity index (χ1) is 14.1. The minimum Gasteiger partial charge on any atom is -0.445 e. The number of aldehydes is 1. The first-order valence-electron chi connectivity index (χ1n) is 9.83. The molecule has 3 rings (SSSR count). The van der Waals surface area contributed by atoms with Crippen molar-refractivity contribution in [3.63, 3.8) is 0 Å². The Bertz CT molecular complexity index is 825. The van der Waals surface area contributed by atoms with Gasteiger partial charge in [0.25, 0.3) is 0 Å². The molecule has 0 radical (unpaired) electrons. The van der Waals surface area contributed by atoms with E-state index < -0.39 is 18.2 Å². The Balaban J connectivity index is 1.74. The van der Waals surface area contributed by atoms with Crippen LogP contribution in [0.2, 0.25) is 0 Å². The van der Waals surface area contributed by atoms with Gasteiger partial charge in [-0.25, -0.2) is 4.79 Å². The third-order valence-corrected chi connectivity index (χ3v) is 5.26. The SMILES string of the molecule is CN(C(=O)OCc1ccccc1)[C@H](Cc1ccccc1)C(=O)N1CCC[C@H]1C=O. The van der Waals surface area contributed by atoms with Gasteiger partial charge in [0.15, 0.2) is 0 Å². The number of carbonyl (C=O) groups excluding carboxylic acids is 3. The minimum atomic E-state index is -0.735. The van der Waals surface area contributed by atoms with Gasteiger partial charge in [-0.05, 0) is 24.0 Å². The highest BCUT2D eigenvalue weighted by Crippen LogP contribution is 2.20. The van der Waals surface area contributed by atoms with Gasteiger partial charge in [-0.3, -0.25) is 9.69 Å². The van der Waals surface area contributed by atoms with Gasteiger partial charge < -0.3 is 14.4 Å². The molecule has 1 aliphatic rings. The molecule has 6 heteroatoms. The molecule has 29 heavy (non-hydrogen) atoms. The van der Waals surface area contributed by atoms with Gasteiger partial charge >= 0.3 is 6.09 Å². The van der Waals surface area contributed by atoms with Crippen molar-refractivity contribution in [1.82, 2.24) is 9.80 Å². The van der Waals surface area contributed by atoms with E-state index in [-0.39, 0.29) is 12.5 Å². The summed E-state index contributed by atoms with van der Waals surface area (Å²) in [4.78, 5) is 40.2. The maximum atomic E-state index is 13.3. The monoisotopic (exact) mass is 394 g/mol. The molecule has 0 aliphatic carbocycles. The molecule has 0 saturated carbocycles. The van der Waals surface area contributed by atoms with Crippen molar-refractivity contribution >= 4 is 18.3 Å². The van der Waals surface area contributed by atoms with Crippen molar-refractivity contribution in [3.05, 3.63) is 71.8 Å². The van der Waals surface area contributed by atoms with E-state index in [2.05, 4.69) is 0 Å². The summed E-state index contributed by atoms with van der Waals surface area (Å²) in [6.07, 6.45) is 2.06. The van der Waals surface area contributed by atoms with Crippen molar-refractivity contribution in [2.45, 2.75) is 38.0 Å². The van der Waals surface area contributed by atoms with Crippen LogP contribution in [0.1, 0.15) is 24.0 Å². The molecular formula is C23H26N2O4. The Morgan fingerprint density at radius 3 is 2.34 bits per heavy atom. The lowest BCUT2D eigenvalue weighted by molar-refractivity contribution is -0.138. The van der Waals surface area contributed by atoms with Gasteiger partial charge in [0.05, 0.1) is 6.04 Å². The summed E-state index contributed by atoms with van der Waals surface area (Å²) < 4.78 is 5.42. The van der Waals surface area contributed by atoms with Crippen molar-refractivity contribution < 1.29 is 19.1 Å². The van der Waals surface area contributed by atoms with E-state index in [9.17, 15) is 14.4 Å². The second kappa shape index (κ2) is 9.87. The molecule has 0 aromatic heterocycles. The topological polar surface area (TPSA) is 66.9 Å². The molecule has 0 bridgehead atoms. The van der Waals surface area contributed by atoms with Crippen LogP contribution in [0.5, 0.6) is 0 Å². The number of likely N-dealkylation sites (tertiary alicyclic amines) is 1. The number of hydrogen-bond acceptors (Lipinski definition) is 4. The quantitative estimate of drug-likeness (QED) is 0.677. The fourth-order valence-electron chi connectivity index (χ4n) is 3.57. The highest BCUT2D eigenvalue weighted by molar-refractivity contribution is 5.88. The number of likely N-dealkylation sites (N-methyl/N-ethyl adjacent to an activating group) is 1. The van der Waals surface area contributed by atoms with Gasteiger partial charge in [0.2, 0.25) is 5.91 Å². The molecule has 1 aliphatic heterocycles. The van der Waals surface area contributed by atoms with Crippen molar-refractivity contribution in [2.75, 3.05) is 13.6 Å².